The van der Waals surface area contributed by atoms with Crippen molar-refractivity contribution in [1.29, 1.82) is 0 Å². The Hall–Kier alpha value is -6.15. The Balaban J connectivity index is 1.23. The van der Waals surface area contributed by atoms with Crippen LogP contribution in [0, 0.1) is 25.2 Å². The molecule has 11 nitrogen and oxygen atoms in total. The number of anilines is 4. The lowest BCUT2D eigenvalue weighted by Gasteiger charge is -2.18. The van der Waals surface area contributed by atoms with Crippen molar-refractivity contribution >= 4 is 46.6 Å². The second kappa shape index (κ2) is 13.9. The fraction of sp³-hybridized carbons (Fsp3) is 0.147. The summed E-state index contributed by atoms with van der Waals surface area (Å²) in [6.45, 7) is 1.70. The molecule has 4 aromatic rings. The molecule has 1 aliphatic rings. The average Bonchev–Trinajstić information content (AvgIpc) is 3.05. The van der Waals surface area contributed by atoms with E-state index in [4.69, 9.17) is 11.2 Å². The quantitative estimate of drug-likeness (QED) is 0.139. The number of hydrogen-bond donors (Lipinski definition) is 3. The molecule has 11 heteroatoms. The zero-order chi connectivity index (χ0) is 31.8. The fourth-order valence-electron chi connectivity index (χ4n) is 4.64. The van der Waals surface area contributed by atoms with Crippen molar-refractivity contribution in [2.45, 2.75) is 19.8 Å². The molecule has 2 aromatic heterocycles. The van der Waals surface area contributed by atoms with Crippen molar-refractivity contribution in [3.05, 3.63) is 102 Å². The van der Waals surface area contributed by atoms with Gasteiger partial charge in [-0.2, -0.15) is 0 Å². The zero-order valence-corrected chi connectivity index (χ0v) is 24.2. The van der Waals surface area contributed by atoms with Crippen molar-refractivity contribution in [2.75, 3.05) is 22.6 Å². The van der Waals surface area contributed by atoms with Crippen LogP contribution in [-0.2, 0) is 19.1 Å². The first kappa shape index (κ1) is 30.3. The predicted molar refractivity (Wildman–Crippen MR) is 168 cm³/mol. The van der Waals surface area contributed by atoms with Crippen LogP contribution < -0.4 is 16.0 Å². The molecule has 45 heavy (non-hydrogen) atoms. The van der Waals surface area contributed by atoms with E-state index in [0.29, 0.717) is 17.3 Å². The van der Waals surface area contributed by atoms with E-state index >= 15 is 0 Å². The summed E-state index contributed by atoms with van der Waals surface area (Å²) in [7, 11) is 0. The van der Waals surface area contributed by atoms with Crippen LogP contribution in [0.25, 0.3) is 11.3 Å². The number of aryl methyl sites for hydroxylation is 1. The molecule has 1 aliphatic carbocycles. The van der Waals surface area contributed by atoms with Gasteiger partial charge >= 0.3 is 5.97 Å². The number of benzene rings is 2. The molecule has 3 N–H and O–H groups in total. The average molecular weight is 601 g/mol. The smallest absolute Gasteiger partial charge is 0.313 e. The molecule has 2 amide bonds. The number of terminal acetylenes is 1. The Kier molecular flexibility index (Phi) is 9.35. The third-order valence-corrected chi connectivity index (χ3v) is 6.92. The number of carbonyl (C=O) groups is 4. The first-order chi connectivity index (χ1) is 21.8. The Morgan fingerprint density at radius 2 is 1.82 bits per heavy atom. The van der Waals surface area contributed by atoms with E-state index in [9.17, 15) is 19.2 Å². The van der Waals surface area contributed by atoms with Gasteiger partial charge in [0.1, 0.15) is 0 Å². The van der Waals surface area contributed by atoms with Crippen LogP contribution in [-0.4, -0.2) is 45.1 Å². The molecule has 5 rings (SSSR count). The van der Waals surface area contributed by atoms with Crippen molar-refractivity contribution in [3.63, 3.8) is 0 Å². The lowest BCUT2D eigenvalue weighted by Crippen LogP contribution is -2.28. The number of esters is 1. The Bertz CT molecular complexity index is 1850. The summed E-state index contributed by atoms with van der Waals surface area (Å²) < 4.78 is 4.95. The number of hydrogen-bond acceptors (Lipinski definition) is 9. The van der Waals surface area contributed by atoms with Gasteiger partial charge in [0, 0.05) is 53.2 Å². The molecule has 0 saturated heterocycles. The van der Waals surface area contributed by atoms with Gasteiger partial charge in [-0.05, 0) is 73.5 Å². The van der Waals surface area contributed by atoms with Gasteiger partial charge in [-0.3, -0.25) is 24.2 Å². The van der Waals surface area contributed by atoms with Gasteiger partial charge in [0.05, 0.1) is 17.2 Å². The van der Waals surface area contributed by atoms with E-state index in [0.717, 1.165) is 22.5 Å². The van der Waals surface area contributed by atoms with Gasteiger partial charge in [-0.15, -0.1) is 6.42 Å². The minimum atomic E-state index is -0.747. The molecular formula is C34H28N6O5. The molecule has 2 aromatic carbocycles. The highest BCUT2D eigenvalue weighted by molar-refractivity contribution is 6.24. The standard InChI is InChI=1S/C34H28N6O5/c1-3-16-45-33(44)23-9-12-30(41)27(19-23)32(43)38-25-8-4-6-22(18-25)31(42)37-26-10-11-28(21(2)17-26)39-34-36-15-13-29(40-34)24-7-5-14-35-20-24/h1,4-8,10-11,13-15,17-20,23H,9,12,16H2,2H3,(H,37,42)(H,38,43)(H,36,39,40). The summed E-state index contributed by atoms with van der Waals surface area (Å²) in [5.41, 5.74) is 4.21. The van der Waals surface area contributed by atoms with Crippen LogP contribution in [0.3, 0.4) is 0 Å². The SMILES string of the molecule is C#CCOC(=O)C1C=C(C(=O)Nc2cccc(C(=O)Nc3ccc(Nc4nccc(-c5cccnc5)n4)c(C)c3)c2)C(=O)CC1. The molecule has 224 valence electrons. The third-order valence-electron chi connectivity index (χ3n) is 6.92. The second-order valence-electron chi connectivity index (χ2n) is 10.1. The van der Waals surface area contributed by atoms with Crippen LogP contribution in [0.2, 0.25) is 0 Å². The van der Waals surface area contributed by atoms with Gasteiger partial charge in [-0.25, -0.2) is 9.97 Å². The minimum absolute atomic E-state index is 0.0239. The Labute approximate surface area is 259 Å². The van der Waals surface area contributed by atoms with Gasteiger partial charge in [0.2, 0.25) is 5.95 Å². The van der Waals surface area contributed by atoms with Crippen LogP contribution in [0.4, 0.5) is 23.0 Å². The van der Waals surface area contributed by atoms with Crippen LogP contribution >= 0.6 is 0 Å². The number of rotatable bonds is 9. The minimum Gasteiger partial charge on any atom is -0.452 e. The van der Waals surface area contributed by atoms with Crippen LogP contribution in [0.15, 0.2) is 90.9 Å². The van der Waals surface area contributed by atoms with Crippen molar-refractivity contribution in [3.8, 4) is 23.6 Å². The summed E-state index contributed by atoms with van der Waals surface area (Å²) >= 11 is 0. The monoisotopic (exact) mass is 600 g/mol. The number of amides is 2. The van der Waals surface area contributed by atoms with E-state index in [1.807, 2.05) is 31.2 Å². The van der Waals surface area contributed by atoms with E-state index in [2.05, 4.69) is 36.8 Å². The Morgan fingerprint density at radius 1 is 1.00 bits per heavy atom. The van der Waals surface area contributed by atoms with E-state index < -0.39 is 23.7 Å². The topological polar surface area (TPSA) is 152 Å². The highest BCUT2D eigenvalue weighted by Gasteiger charge is 2.30. The number of nitrogens with one attached hydrogen (secondary N) is 3. The molecular weight excluding hydrogens is 572 g/mol. The van der Waals surface area contributed by atoms with Gasteiger partial charge in [0.15, 0.2) is 12.4 Å². The van der Waals surface area contributed by atoms with Gasteiger partial charge in [0.25, 0.3) is 11.8 Å². The maximum atomic E-state index is 13.1. The number of pyridine rings is 1. The molecule has 2 heterocycles. The number of carbonyl (C=O) groups excluding carboxylic acids is 4. The van der Waals surface area contributed by atoms with Crippen molar-refractivity contribution < 1.29 is 23.9 Å². The summed E-state index contributed by atoms with van der Waals surface area (Å²) in [6.07, 6.45) is 11.8. The normalized spacial score (nSPS) is 14.0. The first-order valence-corrected chi connectivity index (χ1v) is 14.0. The van der Waals surface area contributed by atoms with Gasteiger partial charge < -0.3 is 20.7 Å². The molecule has 0 bridgehead atoms. The molecule has 1 atom stereocenters. The Morgan fingerprint density at radius 3 is 2.60 bits per heavy atom. The number of ether oxygens (including phenoxy) is 1. The van der Waals surface area contributed by atoms with Crippen LogP contribution in [0.1, 0.15) is 28.8 Å². The lowest BCUT2D eigenvalue weighted by molar-refractivity contribution is -0.145. The number of nitrogens with zero attached hydrogens (tertiary/aromatic N) is 3. The van der Waals surface area contributed by atoms with Crippen molar-refractivity contribution in [2.24, 2.45) is 5.92 Å². The molecule has 0 aliphatic heterocycles. The van der Waals surface area contributed by atoms with E-state index in [-0.39, 0.29) is 36.4 Å². The number of aromatic nitrogens is 3. The predicted octanol–water partition coefficient (Wildman–Crippen LogP) is 4.86. The first-order valence-electron chi connectivity index (χ1n) is 14.0. The molecule has 0 fully saturated rings. The summed E-state index contributed by atoms with van der Waals surface area (Å²) in [6, 6.07) is 17.2. The number of ketones is 1. The maximum Gasteiger partial charge on any atom is 0.313 e. The molecule has 0 spiro atoms. The highest BCUT2D eigenvalue weighted by atomic mass is 16.5. The maximum absolute atomic E-state index is 13.1. The second-order valence-corrected chi connectivity index (χ2v) is 10.1. The highest BCUT2D eigenvalue weighted by Crippen LogP contribution is 2.25. The largest absolute Gasteiger partial charge is 0.452 e. The summed E-state index contributed by atoms with van der Waals surface area (Å²) in [4.78, 5) is 63.6. The lowest BCUT2D eigenvalue weighted by atomic mass is 9.89. The fourth-order valence-corrected chi connectivity index (χ4v) is 4.64. The third kappa shape index (κ3) is 7.63. The molecule has 1 unspecified atom stereocenters. The molecule has 0 radical (unpaired) electrons. The number of Topliss-reactive ketones (excluding diaryl/α,β-unsaturated/α-hetero) is 1. The van der Waals surface area contributed by atoms with Gasteiger partial charge in [-0.1, -0.05) is 18.1 Å². The van der Waals surface area contributed by atoms with Crippen LogP contribution in [0.5, 0.6) is 0 Å². The molecule has 0 saturated carbocycles. The zero-order valence-electron chi connectivity index (χ0n) is 24.2. The summed E-state index contributed by atoms with van der Waals surface area (Å²) in [5.74, 6) is -0.175. The van der Waals surface area contributed by atoms with E-state index in [1.54, 1.807) is 48.9 Å². The summed E-state index contributed by atoms with van der Waals surface area (Å²) in [5, 5.41) is 8.71. The van der Waals surface area contributed by atoms with E-state index in [1.165, 1.54) is 12.1 Å². The van der Waals surface area contributed by atoms with Crippen molar-refractivity contribution in [1.82, 2.24) is 15.0 Å².